The predicted molar refractivity (Wildman–Crippen MR) is 73.8 cm³/mol. The van der Waals surface area contributed by atoms with Crippen LogP contribution in [0.4, 0.5) is 0 Å². The summed E-state index contributed by atoms with van der Waals surface area (Å²) < 4.78 is 1.94. The third-order valence-corrected chi connectivity index (χ3v) is 3.38. The molecule has 0 unspecified atom stereocenters. The molecule has 0 saturated heterocycles. The van der Waals surface area contributed by atoms with Crippen molar-refractivity contribution in [3.05, 3.63) is 40.8 Å². The molecule has 0 aliphatic carbocycles. The summed E-state index contributed by atoms with van der Waals surface area (Å²) in [6.07, 6.45) is 1.54. The maximum atomic E-state index is 8.99. The molecule has 1 aromatic heterocycles. The van der Waals surface area contributed by atoms with Crippen molar-refractivity contribution in [3.63, 3.8) is 0 Å². The second-order valence-corrected chi connectivity index (χ2v) is 4.61. The molecule has 1 aromatic carbocycles. The molecule has 1 heterocycles. The highest BCUT2D eigenvalue weighted by Crippen LogP contribution is 2.28. The maximum Gasteiger partial charge on any atom is 0.155 e. The van der Waals surface area contributed by atoms with Crippen LogP contribution in [0.1, 0.15) is 18.3 Å². The first-order valence-electron chi connectivity index (χ1n) is 6.08. The van der Waals surface area contributed by atoms with E-state index >= 15 is 0 Å². The van der Waals surface area contributed by atoms with Gasteiger partial charge in [-0.25, -0.2) is 4.98 Å². The lowest BCUT2D eigenvalue weighted by Gasteiger charge is -2.06. The summed E-state index contributed by atoms with van der Waals surface area (Å²) in [5.74, 6) is 0.803. The SMILES string of the molecule is CCc1ccc(-c2c(Cl)nc(CCO)n2C)cc1. The molecule has 3 nitrogen and oxygen atoms in total. The molecule has 4 heteroatoms. The fraction of sp³-hybridized carbons (Fsp3) is 0.357. The molecular formula is C14H17ClN2O. The van der Waals surface area contributed by atoms with Crippen molar-refractivity contribution >= 4 is 11.6 Å². The smallest absolute Gasteiger partial charge is 0.155 e. The van der Waals surface area contributed by atoms with Crippen molar-refractivity contribution in [1.29, 1.82) is 0 Å². The van der Waals surface area contributed by atoms with Crippen LogP contribution in [-0.4, -0.2) is 21.3 Å². The van der Waals surface area contributed by atoms with E-state index < -0.39 is 0 Å². The standard InChI is InChI=1S/C14H17ClN2O/c1-3-10-4-6-11(7-5-10)13-14(15)16-12(8-9-18)17(13)2/h4-7,18H,3,8-9H2,1-2H3. The Bertz CT molecular complexity index is 531. The summed E-state index contributed by atoms with van der Waals surface area (Å²) >= 11 is 6.18. The summed E-state index contributed by atoms with van der Waals surface area (Å²) in [4.78, 5) is 4.29. The first-order chi connectivity index (χ1) is 8.67. The normalized spacial score (nSPS) is 10.9. The van der Waals surface area contributed by atoms with Gasteiger partial charge in [0.15, 0.2) is 5.15 Å². The van der Waals surface area contributed by atoms with Gasteiger partial charge in [0.05, 0.1) is 12.3 Å². The Labute approximate surface area is 112 Å². The van der Waals surface area contributed by atoms with Crippen LogP contribution >= 0.6 is 11.6 Å². The first kappa shape index (κ1) is 13.1. The third-order valence-electron chi connectivity index (χ3n) is 3.12. The molecule has 0 aliphatic heterocycles. The number of aromatic nitrogens is 2. The summed E-state index contributed by atoms with van der Waals surface area (Å²) in [5.41, 5.74) is 3.26. The van der Waals surface area contributed by atoms with Gasteiger partial charge < -0.3 is 9.67 Å². The van der Waals surface area contributed by atoms with Crippen LogP contribution in [0, 0.1) is 0 Å². The van der Waals surface area contributed by atoms with E-state index in [1.54, 1.807) is 0 Å². The largest absolute Gasteiger partial charge is 0.396 e. The zero-order valence-corrected chi connectivity index (χ0v) is 11.4. The summed E-state index contributed by atoms with van der Waals surface area (Å²) in [5, 5.41) is 9.48. The van der Waals surface area contributed by atoms with Crippen LogP contribution in [0.15, 0.2) is 24.3 Å². The lowest BCUT2D eigenvalue weighted by atomic mass is 10.1. The molecule has 0 atom stereocenters. The number of hydrogen-bond donors (Lipinski definition) is 1. The predicted octanol–water partition coefficient (Wildman–Crippen LogP) is 2.84. The number of rotatable bonds is 4. The Hall–Kier alpha value is -1.32. The molecule has 0 aliphatic rings. The number of aryl methyl sites for hydroxylation is 1. The van der Waals surface area contributed by atoms with Crippen molar-refractivity contribution in [2.45, 2.75) is 19.8 Å². The van der Waals surface area contributed by atoms with Crippen LogP contribution in [0.3, 0.4) is 0 Å². The quantitative estimate of drug-likeness (QED) is 0.922. The topological polar surface area (TPSA) is 38.1 Å². The highest BCUT2D eigenvalue weighted by molar-refractivity contribution is 6.32. The van der Waals surface area contributed by atoms with Crippen molar-refractivity contribution in [3.8, 4) is 11.3 Å². The Morgan fingerprint density at radius 1 is 1.28 bits per heavy atom. The maximum absolute atomic E-state index is 8.99. The number of aliphatic hydroxyl groups excluding tert-OH is 1. The molecule has 0 spiro atoms. The van der Waals surface area contributed by atoms with E-state index in [0.29, 0.717) is 11.6 Å². The summed E-state index contributed by atoms with van der Waals surface area (Å²) in [6, 6.07) is 8.32. The minimum atomic E-state index is 0.0788. The van der Waals surface area contributed by atoms with Gasteiger partial charge in [0, 0.05) is 19.0 Å². The van der Waals surface area contributed by atoms with Crippen LogP contribution in [-0.2, 0) is 19.9 Å². The Kier molecular flexibility index (Phi) is 4.04. The highest BCUT2D eigenvalue weighted by Gasteiger charge is 2.14. The van der Waals surface area contributed by atoms with Crippen molar-refractivity contribution < 1.29 is 5.11 Å². The van der Waals surface area contributed by atoms with Crippen LogP contribution < -0.4 is 0 Å². The van der Waals surface area contributed by atoms with Gasteiger partial charge in [-0.2, -0.15) is 0 Å². The molecule has 0 fully saturated rings. The van der Waals surface area contributed by atoms with Gasteiger partial charge in [0.1, 0.15) is 5.82 Å². The van der Waals surface area contributed by atoms with E-state index in [4.69, 9.17) is 16.7 Å². The van der Waals surface area contributed by atoms with E-state index in [-0.39, 0.29) is 6.61 Å². The number of hydrogen-bond acceptors (Lipinski definition) is 2. The minimum Gasteiger partial charge on any atom is -0.396 e. The number of halogens is 1. The number of nitrogens with zero attached hydrogens (tertiary/aromatic N) is 2. The Balaban J connectivity index is 2.43. The van der Waals surface area contributed by atoms with Crippen LogP contribution in [0.2, 0.25) is 5.15 Å². The van der Waals surface area contributed by atoms with Gasteiger partial charge in [-0.3, -0.25) is 0 Å². The van der Waals surface area contributed by atoms with Gasteiger partial charge >= 0.3 is 0 Å². The molecule has 96 valence electrons. The third kappa shape index (κ3) is 2.42. The summed E-state index contributed by atoms with van der Waals surface area (Å²) in [7, 11) is 1.92. The monoisotopic (exact) mass is 264 g/mol. The van der Waals surface area contributed by atoms with Gasteiger partial charge in [0.25, 0.3) is 0 Å². The zero-order valence-electron chi connectivity index (χ0n) is 10.7. The molecular weight excluding hydrogens is 248 g/mol. The second kappa shape index (κ2) is 5.55. The van der Waals surface area contributed by atoms with Gasteiger partial charge in [-0.1, -0.05) is 42.8 Å². The van der Waals surface area contributed by atoms with E-state index in [0.717, 1.165) is 23.5 Å². The molecule has 18 heavy (non-hydrogen) atoms. The lowest BCUT2D eigenvalue weighted by Crippen LogP contribution is -2.02. The van der Waals surface area contributed by atoms with E-state index in [1.807, 2.05) is 11.6 Å². The molecule has 0 saturated carbocycles. The van der Waals surface area contributed by atoms with Gasteiger partial charge in [-0.15, -0.1) is 0 Å². The van der Waals surface area contributed by atoms with Gasteiger partial charge in [-0.05, 0) is 12.0 Å². The second-order valence-electron chi connectivity index (χ2n) is 4.25. The average Bonchev–Trinajstić information content (AvgIpc) is 2.65. The molecule has 0 bridgehead atoms. The fourth-order valence-corrected chi connectivity index (χ4v) is 2.38. The molecule has 0 radical (unpaired) electrons. The van der Waals surface area contributed by atoms with Gasteiger partial charge in [0.2, 0.25) is 0 Å². The fourth-order valence-electron chi connectivity index (χ4n) is 2.04. The zero-order chi connectivity index (χ0) is 13.1. The van der Waals surface area contributed by atoms with Crippen molar-refractivity contribution in [2.24, 2.45) is 7.05 Å². The molecule has 1 N–H and O–H groups in total. The molecule has 0 amide bonds. The van der Waals surface area contributed by atoms with E-state index in [1.165, 1.54) is 5.56 Å². The number of aliphatic hydroxyl groups is 1. The first-order valence-corrected chi connectivity index (χ1v) is 6.46. The average molecular weight is 265 g/mol. The molecule has 2 rings (SSSR count). The molecule has 2 aromatic rings. The van der Waals surface area contributed by atoms with Crippen molar-refractivity contribution in [1.82, 2.24) is 9.55 Å². The minimum absolute atomic E-state index is 0.0788. The summed E-state index contributed by atoms with van der Waals surface area (Å²) in [6.45, 7) is 2.21. The van der Waals surface area contributed by atoms with E-state index in [2.05, 4.69) is 36.2 Å². The van der Waals surface area contributed by atoms with Crippen molar-refractivity contribution in [2.75, 3.05) is 6.61 Å². The Morgan fingerprint density at radius 3 is 2.50 bits per heavy atom. The number of benzene rings is 1. The van der Waals surface area contributed by atoms with E-state index in [9.17, 15) is 0 Å². The highest BCUT2D eigenvalue weighted by atomic mass is 35.5. The lowest BCUT2D eigenvalue weighted by molar-refractivity contribution is 0.295. The Morgan fingerprint density at radius 2 is 1.94 bits per heavy atom. The van der Waals surface area contributed by atoms with Crippen LogP contribution in [0.25, 0.3) is 11.3 Å². The van der Waals surface area contributed by atoms with Crippen LogP contribution in [0.5, 0.6) is 0 Å². The number of imidazole rings is 1.